The fourth-order valence-electron chi connectivity index (χ4n) is 2.03. The highest BCUT2D eigenvalue weighted by atomic mass is 32.2. The van der Waals surface area contributed by atoms with Gasteiger partial charge in [-0.2, -0.15) is 11.8 Å². The van der Waals surface area contributed by atoms with Crippen LogP contribution in [0.15, 0.2) is 24.3 Å². The van der Waals surface area contributed by atoms with Gasteiger partial charge in [-0.3, -0.25) is 0 Å². The highest BCUT2D eigenvalue weighted by Gasteiger charge is 2.16. The predicted molar refractivity (Wildman–Crippen MR) is 82.1 cm³/mol. The van der Waals surface area contributed by atoms with Gasteiger partial charge in [0.1, 0.15) is 5.75 Å². The SMILES string of the molecule is O=C(O)COc1ccccc1NC(=O)NC1CCCSC1. The number of nitrogens with one attached hydrogen (secondary N) is 2. The van der Waals surface area contributed by atoms with Crippen LogP contribution in [0.4, 0.5) is 10.5 Å². The molecule has 0 aromatic heterocycles. The fourth-order valence-corrected chi connectivity index (χ4v) is 3.11. The van der Waals surface area contributed by atoms with Crippen LogP contribution in [-0.4, -0.2) is 41.3 Å². The smallest absolute Gasteiger partial charge is 0.341 e. The van der Waals surface area contributed by atoms with Crippen LogP contribution in [0.2, 0.25) is 0 Å². The lowest BCUT2D eigenvalue weighted by Crippen LogP contribution is -2.40. The normalized spacial score (nSPS) is 17.8. The van der Waals surface area contributed by atoms with Gasteiger partial charge in [0.05, 0.1) is 5.69 Å². The molecule has 1 heterocycles. The number of carbonyl (C=O) groups excluding carboxylic acids is 1. The van der Waals surface area contributed by atoms with Crippen molar-refractivity contribution in [3.8, 4) is 5.75 Å². The second-order valence-corrected chi connectivity index (χ2v) is 5.84. The summed E-state index contributed by atoms with van der Waals surface area (Å²) >= 11 is 1.83. The summed E-state index contributed by atoms with van der Waals surface area (Å²) in [5.41, 5.74) is 0.458. The van der Waals surface area contributed by atoms with Gasteiger partial charge in [0, 0.05) is 11.8 Å². The molecule has 7 heteroatoms. The third-order valence-electron chi connectivity index (χ3n) is 2.98. The molecular formula is C14H18N2O4S. The lowest BCUT2D eigenvalue weighted by molar-refractivity contribution is -0.139. The first-order valence-corrected chi connectivity index (χ1v) is 7.89. The maximum atomic E-state index is 12.0. The Morgan fingerprint density at radius 1 is 1.38 bits per heavy atom. The van der Waals surface area contributed by atoms with Crippen LogP contribution < -0.4 is 15.4 Å². The third kappa shape index (κ3) is 5.18. The van der Waals surface area contributed by atoms with Crippen molar-refractivity contribution in [2.45, 2.75) is 18.9 Å². The van der Waals surface area contributed by atoms with E-state index in [0.29, 0.717) is 11.4 Å². The maximum absolute atomic E-state index is 12.0. The molecule has 1 unspecified atom stereocenters. The van der Waals surface area contributed by atoms with Crippen LogP contribution in [0, 0.1) is 0 Å². The Labute approximate surface area is 127 Å². The second kappa shape index (κ2) is 7.78. The fraction of sp³-hybridized carbons (Fsp3) is 0.429. The molecule has 1 aromatic carbocycles. The zero-order chi connectivity index (χ0) is 15.1. The first kappa shape index (κ1) is 15.5. The number of hydrogen-bond donors (Lipinski definition) is 3. The van der Waals surface area contributed by atoms with E-state index in [9.17, 15) is 9.59 Å². The van der Waals surface area contributed by atoms with Gasteiger partial charge in [-0.1, -0.05) is 12.1 Å². The number of aliphatic carboxylic acids is 1. The summed E-state index contributed by atoms with van der Waals surface area (Å²) in [6.45, 7) is -0.445. The van der Waals surface area contributed by atoms with Gasteiger partial charge in [-0.25, -0.2) is 9.59 Å². The highest BCUT2D eigenvalue weighted by Crippen LogP contribution is 2.24. The molecule has 1 fully saturated rings. The Balaban J connectivity index is 1.91. The van der Waals surface area contributed by atoms with E-state index in [2.05, 4.69) is 10.6 Å². The summed E-state index contributed by atoms with van der Waals surface area (Å²) < 4.78 is 5.14. The van der Waals surface area contributed by atoms with Crippen molar-refractivity contribution >= 4 is 29.4 Å². The van der Waals surface area contributed by atoms with Gasteiger partial charge in [0.2, 0.25) is 0 Å². The van der Waals surface area contributed by atoms with Crippen LogP contribution in [0.25, 0.3) is 0 Å². The van der Waals surface area contributed by atoms with Crippen LogP contribution in [-0.2, 0) is 4.79 Å². The first-order chi connectivity index (χ1) is 10.1. The van der Waals surface area contributed by atoms with Crippen LogP contribution in [0.3, 0.4) is 0 Å². The molecule has 0 radical (unpaired) electrons. The van der Waals surface area contributed by atoms with Gasteiger partial charge >= 0.3 is 12.0 Å². The number of carbonyl (C=O) groups is 2. The van der Waals surface area contributed by atoms with E-state index < -0.39 is 12.6 Å². The largest absolute Gasteiger partial charge is 0.480 e. The Hall–Kier alpha value is -1.89. The molecule has 1 aromatic rings. The molecule has 1 atom stereocenters. The van der Waals surface area contributed by atoms with E-state index >= 15 is 0 Å². The zero-order valence-corrected chi connectivity index (χ0v) is 12.3. The van der Waals surface area contributed by atoms with Gasteiger partial charge in [0.15, 0.2) is 6.61 Å². The molecule has 3 N–H and O–H groups in total. The summed E-state index contributed by atoms with van der Waals surface area (Å²) in [5, 5.41) is 14.3. The third-order valence-corrected chi connectivity index (χ3v) is 4.20. The van der Waals surface area contributed by atoms with E-state index in [4.69, 9.17) is 9.84 Å². The zero-order valence-electron chi connectivity index (χ0n) is 11.5. The maximum Gasteiger partial charge on any atom is 0.341 e. The van der Waals surface area contributed by atoms with Crippen LogP contribution >= 0.6 is 11.8 Å². The van der Waals surface area contributed by atoms with Crippen molar-refractivity contribution in [3.05, 3.63) is 24.3 Å². The van der Waals surface area contributed by atoms with E-state index in [-0.39, 0.29) is 12.1 Å². The average molecular weight is 310 g/mol. The van der Waals surface area contributed by atoms with Crippen molar-refractivity contribution in [2.75, 3.05) is 23.4 Å². The molecule has 21 heavy (non-hydrogen) atoms. The molecule has 6 nitrogen and oxygen atoms in total. The number of para-hydroxylation sites is 2. The summed E-state index contributed by atoms with van der Waals surface area (Å²) in [4.78, 5) is 22.5. The molecular weight excluding hydrogens is 292 g/mol. The summed E-state index contributed by atoms with van der Waals surface area (Å²) in [6, 6.07) is 6.64. The van der Waals surface area contributed by atoms with Crippen molar-refractivity contribution in [1.82, 2.24) is 5.32 Å². The van der Waals surface area contributed by atoms with Crippen molar-refractivity contribution in [2.24, 2.45) is 0 Å². The minimum Gasteiger partial charge on any atom is -0.480 e. The lowest BCUT2D eigenvalue weighted by atomic mass is 10.2. The highest BCUT2D eigenvalue weighted by molar-refractivity contribution is 7.99. The lowest BCUT2D eigenvalue weighted by Gasteiger charge is -2.22. The molecule has 1 aliphatic heterocycles. The average Bonchev–Trinajstić information content (AvgIpc) is 2.47. The molecule has 2 amide bonds. The van der Waals surface area contributed by atoms with Crippen molar-refractivity contribution in [1.29, 1.82) is 0 Å². The molecule has 0 saturated carbocycles. The Morgan fingerprint density at radius 2 is 2.19 bits per heavy atom. The van der Waals surface area contributed by atoms with E-state index in [1.54, 1.807) is 24.3 Å². The predicted octanol–water partition coefficient (Wildman–Crippen LogP) is 2.17. The van der Waals surface area contributed by atoms with E-state index in [1.165, 1.54) is 0 Å². The number of thioether (sulfide) groups is 1. The number of benzene rings is 1. The molecule has 0 spiro atoms. The topological polar surface area (TPSA) is 87.7 Å². The van der Waals surface area contributed by atoms with Crippen molar-refractivity contribution < 1.29 is 19.4 Å². The number of carboxylic acids is 1. The number of rotatable bonds is 5. The quantitative estimate of drug-likeness (QED) is 0.776. The molecule has 114 valence electrons. The number of ether oxygens (including phenoxy) is 1. The first-order valence-electron chi connectivity index (χ1n) is 6.74. The van der Waals surface area contributed by atoms with Gasteiger partial charge < -0.3 is 20.5 Å². The monoisotopic (exact) mass is 310 g/mol. The standard InChI is InChI=1S/C14H18N2O4S/c17-13(18)8-20-12-6-2-1-5-11(12)16-14(19)15-10-4-3-7-21-9-10/h1-2,5-6,10H,3-4,7-9H2,(H,17,18)(H2,15,16,19). The Morgan fingerprint density at radius 3 is 2.90 bits per heavy atom. The van der Waals surface area contributed by atoms with Gasteiger partial charge in [-0.15, -0.1) is 0 Å². The number of hydrogen-bond acceptors (Lipinski definition) is 4. The van der Waals surface area contributed by atoms with Crippen molar-refractivity contribution in [3.63, 3.8) is 0 Å². The number of carboxylic acid groups (broad SMARTS) is 1. The molecule has 2 rings (SSSR count). The molecule has 1 saturated heterocycles. The Bertz CT molecular complexity index is 504. The van der Waals surface area contributed by atoms with E-state index in [0.717, 1.165) is 24.3 Å². The summed E-state index contributed by atoms with van der Waals surface area (Å²) in [5.74, 6) is 1.34. The molecule has 0 aliphatic carbocycles. The van der Waals surface area contributed by atoms with Gasteiger partial charge in [0.25, 0.3) is 0 Å². The number of urea groups is 1. The summed E-state index contributed by atoms with van der Waals surface area (Å²) in [6.07, 6.45) is 2.09. The van der Waals surface area contributed by atoms with Gasteiger partial charge in [-0.05, 0) is 30.7 Å². The second-order valence-electron chi connectivity index (χ2n) is 4.69. The molecule has 0 bridgehead atoms. The minimum absolute atomic E-state index is 0.177. The number of amides is 2. The van der Waals surface area contributed by atoms with E-state index in [1.807, 2.05) is 11.8 Å². The Kier molecular flexibility index (Phi) is 5.74. The molecule has 1 aliphatic rings. The summed E-state index contributed by atoms with van der Waals surface area (Å²) in [7, 11) is 0. The number of anilines is 1. The minimum atomic E-state index is -1.06. The van der Waals surface area contributed by atoms with Crippen LogP contribution in [0.5, 0.6) is 5.75 Å². The van der Waals surface area contributed by atoms with Crippen LogP contribution in [0.1, 0.15) is 12.8 Å².